The van der Waals surface area contributed by atoms with Crippen molar-refractivity contribution in [2.24, 2.45) is 5.14 Å². The van der Waals surface area contributed by atoms with Crippen molar-refractivity contribution in [3.63, 3.8) is 0 Å². The lowest BCUT2D eigenvalue weighted by Gasteiger charge is -2.12. The van der Waals surface area contributed by atoms with Gasteiger partial charge in [-0.05, 0) is 67.4 Å². The van der Waals surface area contributed by atoms with Gasteiger partial charge in [-0.2, -0.15) is 0 Å². The smallest absolute Gasteiger partial charge is 0.261 e. The zero-order chi connectivity index (χ0) is 24.9. The van der Waals surface area contributed by atoms with Gasteiger partial charge in [-0.1, -0.05) is 29.8 Å². The summed E-state index contributed by atoms with van der Waals surface area (Å²) in [5.74, 6) is -0.0189. The first-order valence-corrected chi connectivity index (χ1v) is 13.2. The zero-order valence-electron chi connectivity index (χ0n) is 18.6. The summed E-state index contributed by atoms with van der Waals surface area (Å²) in [6.45, 7) is 3.50. The number of carbonyl (C=O) groups is 1. The van der Waals surface area contributed by atoms with Crippen molar-refractivity contribution >= 4 is 31.6 Å². The Hall–Kier alpha value is -3.41. The largest absolute Gasteiger partial charge is 0.484 e. The van der Waals surface area contributed by atoms with Crippen molar-refractivity contribution < 1.29 is 26.4 Å². The Morgan fingerprint density at radius 3 is 2.09 bits per heavy atom. The van der Waals surface area contributed by atoms with Gasteiger partial charge in [-0.3, -0.25) is 9.52 Å². The summed E-state index contributed by atoms with van der Waals surface area (Å²) in [5.41, 5.74) is 2.72. The van der Waals surface area contributed by atoms with Crippen LogP contribution in [-0.4, -0.2) is 29.3 Å². The predicted octanol–water partition coefficient (Wildman–Crippen LogP) is 2.45. The maximum absolute atomic E-state index is 12.7. The van der Waals surface area contributed by atoms with Gasteiger partial charge >= 0.3 is 0 Å². The third-order valence-electron chi connectivity index (χ3n) is 4.86. The zero-order valence-corrected chi connectivity index (χ0v) is 20.2. The summed E-state index contributed by atoms with van der Waals surface area (Å²) in [7, 11) is -7.55. The minimum Gasteiger partial charge on any atom is -0.484 e. The van der Waals surface area contributed by atoms with Crippen LogP contribution in [0.4, 0.5) is 5.69 Å². The number of primary sulfonamides is 1. The highest BCUT2D eigenvalue weighted by Crippen LogP contribution is 2.23. The van der Waals surface area contributed by atoms with Gasteiger partial charge in [0.1, 0.15) is 5.75 Å². The van der Waals surface area contributed by atoms with Crippen molar-refractivity contribution in [2.75, 3.05) is 11.3 Å². The van der Waals surface area contributed by atoms with E-state index in [1.54, 1.807) is 31.2 Å². The van der Waals surface area contributed by atoms with Gasteiger partial charge < -0.3 is 10.1 Å². The van der Waals surface area contributed by atoms with Crippen LogP contribution in [0.15, 0.2) is 76.5 Å². The molecule has 9 nitrogen and oxygen atoms in total. The Balaban J connectivity index is 1.56. The molecule has 4 N–H and O–H groups in total. The second-order valence-electron chi connectivity index (χ2n) is 7.65. The fourth-order valence-corrected chi connectivity index (χ4v) is 4.64. The normalized spacial score (nSPS) is 11.6. The molecule has 0 aliphatic heterocycles. The number of rotatable bonds is 9. The molecule has 0 atom stereocenters. The Bertz CT molecular complexity index is 1390. The number of amides is 1. The fraction of sp³-hybridized carbons (Fsp3) is 0.174. The molecule has 0 bridgehead atoms. The molecule has 3 aromatic rings. The molecule has 0 saturated heterocycles. The minimum absolute atomic E-state index is 0.0130. The van der Waals surface area contributed by atoms with E-state index in [4.69, 9.17) is 9.88 Å². The number of sulfonamides is 2. The first-order chi connectivity index (χ1) is 15.9. The molecule has 0 aliphatic carbocycles. The molecule has 11 heteroatoms. The van der Waals surface area contributed by atoms with Gasteiger partial charge in [0.05, 0.1) is 9.79 Å². The van der Waals surface area contributed by atoms with Crippen LogP contribution >= 0.6 is 0 Å². The van der Waals surface area contributed by atoms with Crippen molar-refractivity contribution in [1.29, 1.82) is 0 Å². The summed E-state index contributed by atoms with van der Waals surface area (Å²) < 4.78 is 55.9. The third-order valence-corrected chi connectivity index (χ3v) is 7.17. The summed E-state index contributed by atoms with van der Waals surface area (Å²) in [5, 5.41) is 7.72. The number of ether oxygens (including phenoxy) is 1. The van der Waals surface area contributed by atoms with Crippen LogP contribution in [0.5, 0.6) is 5.75 Å². The van der Waals surface area contributed by atoms with Gasteiger partial charge in [0, 0.05) is 12.2 Å². The average molecular weight is 504 g/mol. The Kier molecular flexibility index (Phi) is 7.60. The maximum atomic E-state index is 12.7. The number of carbonyl (C=O) groups excluding carboxylic acids is 1. The number of nitrogens with two attached hydrogens (primary N) is 1. The van der Waals surface area contributed by atoms with Crippen LogP contribution in [0.2, 0.25) is 0 Å². The fourth-order valence-electron chi connectivity index (χ4n) is 2.98. The Labute approximate surface area is 199 Å². The third kappa shape index (κ3) is 6.80. The SMILES string of the molecule is Cc1ccc(NS(=O)(=O)c2ccc(OCC(=O)NCc3ccc(S(N)(=O)=O)cc3)c(C)c2)cc1. The van der Waals surface area contributed by atoms with E-state index >= 15 is 0 Å². The predicted molar refractivity (Wildman–Crippen MR) is 128 cm³/mol. The molecular formula is C23H25N3O6S2. The highest BCUT2D eigenvalue weighted by molar-refractivity contribution is 7.92. The lowest BCUT2D eigenvalue weighted by Crippen LogP contribution is -2.28. The van der Waals surface area contributed by atoms with Crippen LogP contribution in [0.25, 0.3) is 0 Å². The topological polar surface area (TPSA) is 145 Å². The average Bonchev–Trinajstić information content (AvgIpc) is 2.78. The molecule has 0 saturated carbocycles. The highest BCUT2D eigenvalue weighted by Gasteiger charge is 2.16. The summed E-state index contributed by atoms with van der Waals surface area (Å²) >= 11 is 0. The molecule has 0 radical (unpaired) electrons. The minimum atomic E-state index is -3.78. The summed E-state index contributed by atoms with van der Waals surface area (Å²) in [6.07, 6.45) is 0. The standard InChI is InChI=1S/C23H25N3O6S2/c1-16-3-7-19(8-4-16)26-34(30,31)21-11-12-22(17(2)13-21)32-15-23(27)25-14-18-5-9-20(10-6-18)33(24,28)29/h3-13,26H,14-15H2,1-2H3,(H,25,27)(H2,24,28,29). The highest BCUT2D eigenvalue weighted by atomic mass is 32.2. The molecule has 180 valence electrons. The van der Waals surface area contributed by atoms with E-state index in [2.05, 4.69) is 10.0 Å². The number of anilines is 1. The van der Waals surface area contributed by atoms with Crippen LogP contribution in [0, 0.1) is 13.8 Å². The Morgan fingerprint density at radius 1 is 0.882 bits per heavy atom. The molecule has 3 rings (SSSR count). The number of nitrogens with one attached hydrogen (secondary N) is 2. The van der Waals surface area contributed by atoms with E-state index in [1.807, 2.05) is 19.1 Å². The molecule has 3 aromatic carbocycles. The number of benzene rings is 3. The van der Waals surface area contributed by atoms with Crippen molar-refractivity contribution in [3.05, 3.63) is 83.4 Å². The Morgan fingerprint density at radius 2 is 1.50 bits per heavy atom. The van der Waals surface area contributed by atoms with Gasteiger partial charge in [0.2, 0.25) is 10.0 Å². The first-order valence-electron chi connectivity index (χ1n) is 10.2. The molecule has 34 heavy (non-hydrogen) atoms. The molecule has 1 amide bonds. The summed E-state index contributed by atoms with van der Waals surface area (Å²) in [4.78, 5) is 12.2. The van der Waals surface area contributed by atoms with Crippen LogP contribution in [0.1, 0.15) is 16.7 Å². The van der Waals surface area contributed by atoms with Gasteiger partial charge in [0.15, 0.2) is 6.61 Å². The molecule has 0 spiro atoms. The van der Waals surface area contributed by atoms with Gasteiger partial charge in [0.25, 0.3) is 15.9 Å². The summed E-state index contributed by atoms with van der Waals surface area (Å²) in [6, 6.07) is 17.2. The molecule has 0 fully saturated rings. The van der Waals surface area contributed by atoms with Crippen molar-refractivity contribution in [3.8, 4) is 5.75 Å². The van der Waals surface area contributed by atoms with E-state index in [0.29, 0.717) is 22.6 Å². The molecular weight excluding hydrogens is 478 g/mol. The van der Waals surface area contributed by atoms with Gasteiger partial charge in [-0.25, -0.2) is 22.0 Å². The molecule has 0 aliphatic rings. The number of aryl methyl sites for hydroxylation is 2. The lowest BCUT2D eigenvalue weighted by atomic mass is 10.2. The second-order valence-corrected chi connectivity index (χ2v) is 10.9. The monoisotopic (exact) mass is 503 g/mol. The second kappa shape index (κ2) is 10.2. The van der Waals surface area contributed by atoms with E-state index in [1.165, 1.54) is 30.3 Å². The van der Waals surface area contributed by atoms with Gasteiger partial charge in [-0.15, -0.1) is 0 Å². The molecule has 0 unspecified atom stereocenters. The van der Waals surface area contributed by atoms with E-state index in [9.17, 15) is 21.6 Å². The quantitative estimate of drug-likeness (QED) is 0.409. The maximum Gasteiger partial charge on any atom is 0.261 e. The van der Waals surface area contributed by atoms with Crippen LogP contribution < -0.4 is 19.9 Å². The van der Waals surface area contributed by atoms with Crippen molar-refractivity contribution in [1.82, 2.24) is 5.32 Å². The lowest BCUT2D eigenvalue weighted by molar-refractivity contribution is -0.123. The molecule has 0 heterocycles. The first kappa shape index (κ1) is 25.2. The van der Waals surface area contributed by atoms with E-state index < -0.39 is 26.0 Å². The number of hydrogen-bond acceptors (Lipinski definition) is 6. The van der Waals surface area contributed by atoms with E-state index in [-0.39, 0.29) is 22.9 Å². The van der Waals surface area contributed by atoms with Crippen LogP contribution in [-0.2, 0) is 31.4 Å². The van der Waals surface area contributed by atoms with Crippen LogP contribution in [0.3, 0.4) is 0 Å². The van der Waals surface area contributed by atoms with Crippen molar-refractivity contribution in [2.45, 2.75) is 30.2 Å². The van der Waals surface area contributed by atoms with E-state index in [0.717, 1.165) is 5.56 Å². The number of hydrogen-bond donors (Lipinski definition) is 3. The molecule has 0 aromatic heterocycles.